The number of rotatable bonds is 3. The monoisotopic (exact) mass is 289 g/mol. The Balaban J connectivity index is 2.43. The summed E-state index contributed by atoms with van der Waals surface area (Å²) >= 11 is 0. The Morgan fingerprint density at radius 3 is 2.33 bits per heavy atom. The van der Waals surface area contributed by atoms with Gasteiger partial charge in [0.15, 0.2) is 0 Å². The molecule has 2 rings (SSSR count). The molecule has 2 atom stereocenters. The highest BCUT2D eigenvalue weighted by Crippen LogP contribution is 2.38. The Morgan fingerprint density at radius 2 is 1.81 bits per heavy atom. The van der Waals surface area contributed by atoms with Gasteiger partial charge in [-0.25, -0.2) is 0 Å². The van der Waals surface area contributed by atoms with Gasteiger partial charge in [-0.15, -0.1) is 0 Å². The molecule has 0 aliphatic carbocycles. The average Bonchev–Trinajstić information content (AvgIpc) is 2.37. The van der Waals surface area contributed by atoms with Crippen molar-refractivity contribution in [3.05, 3.63) is 34.4 Å². The maximum Gasteiger partial charge on any atom is 0.323 e. The van der Waals surface area contributed by atoms with Crippen molar-refractivity contribution in [3.63, 3.8) is 0 Å². The third-order valence-corrected chi connectivity index (χ3v) is 5.03. The lowest BCUT2D eigenvalue weighted by molar-refractivity contribution is -0.155. The number of hydrogen-bond acceptors (Lipinski definition) is 2. The standard InChI is InChI=1S/C18H27NO2/c1-12-10-13(2)16(14(3)11-12)15(4)19-9-7-6-8-18(19,5)17(20)21/h10-11,15H,6-9H2,1-5H3,(H,20,21). The first kappa shape index (κ1) is 16.0. The average molecular weight is 289 g/mol. The van der Waals surface area contributed by atoms with Crippen LogP contribution in [0.1, 0.15) is 61.4 Å². The molecule has 1 aromatic carbocycles. The van der Waals surface area contributed by atoms with E-state index < -0.39 is 11.5 Å². The number of benzene rings is 1. The molecule has 1 aromatic rings. The van der Waals surface area contributed by atoms with E-state index in [-0.39, 0.29) is 6.04 Å². The van der Waals surface area contributed by atoms with E-state index in [0.29, 0.717) is 0 Å². The predicted octanol–water partition coefficient (Wildman–Crippen LogP) is 4.00. The number of carboxylic acid groups (broad SMARTS) is 1. The fraction of sp³-hybridized carbons (Fsp3) is 0.611. The van der Waals surface area contributed by atoms with Crippen molar-refractivity contribution in [2.45, 2.75) is 65.5 Å². The fourth-order valence-electron chi connectivity index (χ4n) is 4.00. The lowest BCUT2D eigenvalue weighted by Crippen LogP contribution is -2.55. The molecule has 116 valence electrons. The number of nitrogens with zero attached hydrogens (tertiary/aromatic N) is 1. The normalized spacial score (nSPS) is 24.8. The lowest BCUT2D eigenvalue weighted by atomic mass is 9.84. The largest absolute Gasteiger partial charge is 0.480 e. The van der Waals surface area contributed by atoms with Crippen molar-refractivity contribution < 1.29 is 9.90 Å². The Hall–Kier alpha value is -1.35. The minimum Gasteiger partial charge on any atom is -0.480 e. The van der Waals surface area contributed by atoms with Crippen LogP contribution in [0.2, 0.25) is 0 Å². The summed E-state index contributed by atoms with van der Waals surface area (Å²) in [4.78, 5) is 14.0. The van der Waals surface area contributed by atoms with E-state index in [9.17, 15) is 9.90 Å². The first-order chi connectivity index (χ1) is 9.77. The minimum atomic E-state index is -0.749. The fourth-order valence-corrected chi connectivity index (χ4v) is 4.00. The van der Waals surface area contributed by atoms with Crippen molar-refractivity contribution in [1.29, 1.82) is 0 Å². The van der Waals surface area contributed by atoms with Gasteiger partial charge in [0, 0.05) is 6.04 Å². The molecule has 1 N–H and O–H groups in total. The Labute approximate surface area is 128 Å². The van der Waals surface area contributed by atoms with Gasteiger partial charge in [-0.05, 0) is 77.1 Å². The highest BCUT2D eigenvalue weighted by atomic mass is 16.4. The van der Waals surface area contributed by atoms with E-state index in [2.05, 4.69) is 44.7 Å². The number of likely N-dealkylation sites (tertiary alicyclic amines) is 1. The Kier molecular flexibility index (Phi) is 4.43. The van der Waals surface area contributed by atoms with Gasteiger partial charge in [0.1, 0.15) is 5.54 Å². The number of carboxylic acids is 1. The highest BCUT2D eigenvalue weighted by Gasteiger charge is 2.44. The Morgan fingerprint density at radius 1 is 1.24 bits per heavy atom. The molecule has 0 spiro atoms. The lowest BCUT2D eigenvalue weighted by Gasteiger charge is -2.46. The van der Waals surface area contributed by atoms with Gasteiger partial charge >= 0.3 is 5.97 Å². The van der Waals surface area contributed by atoms with E-state index in [1.165, 1.54) is 22.3 Å². The van der Waals surface area contributed by atoms with Crippen LogP contribution in [0.3, 0.4) is 0 Å². The molecular formula is C18H27NO2. The highest BCUT2D eigenvalue weighted by molar-refractivity contribution is 5.78. The maximum atomic E-state index is 11.8. The quantitative estimate of drug-likeness (QED) is 0.914. The number of hydrogen-bond donors (Lipinski definition) is 1. The molecule has 0 aromatic heterocycles. The van der Waals surface area contributed by atoms with Gasteiger partial charge in [-0.3, -0.25) is 9.69 Å². The van der Waals surface area contributed by atoms with Crippen LogP contribution in [0, 0.1) is 20.8 Å². The molecule has 0 amide bonds. The zero-order chi connectivity index (χ0) is 15.8. The van der Waals surface area contributed by atoms with E-state index in [4.69, 9.17) is 0 Å². The summed E-state index contributed by atoms with van der Waals surface area (Å²) in [5, 5.41) is 9.70. The van der Waals surface area contributed by atoms with Crippen molar-refractivity contribution in [2.24, 2.45) is 0 Å². The summed E-state index contributed by atoms with van der Waals surface area (Å²) in [6, 6.07) is 4.52. The van der Waals surface area contributed by atoms with Crippen molar-refractivity contribution in [3.8, 4) is 0 Å². The number of carbonyl (C=O) groups is 1. The van der Waals surface area contributed by atoms with Crippen molar-refractivity contribution >= 4 is 5.97 Å². The number of piperidine rings is 1. The second-order valence-electron chi connectivity index (χ2n) is 6.72. The van der Waals surface area contributed by atoms with E-state index in [1.807, 2.05) is 6.92 Å². The summed E-state index contributed by atoms with van der Waals surface area (Å²) in [5.41, 5.74) is 4.33. The first-order valence-electron chi connectivity index (χ1n) is 7.85. The zero-order valence-corrected chi connectivity index (χ0v) is 13.9. The van der Waals surface area contributed by atoms with Crippen LogP contribution in [-0.2, 0) is 4.79 Å². The molecule has 1 aliphatic rings. The number of aliphatic carboxylic acids is 1. The zero-order valence-electron chi connectivity index (χ0n) is 13.9. The van der Waals surface area contributed by atoms with Gasteiger partial charge in [0.2, 0.25) is 0 Å². The molecule has 0 radical (unpaired) electrons. The maximum absolute atomic E-state index is 11.8. The van der Waals surface area contributed by atoms with Crippen LogP contribution in [0.25, 0.3) is 0 Å². The third-order valence-electron chi connectivity index (χ3n) is 5.03. The SMILES string of the molecule is Cc1cc(C)c(C(C)N2CCCCC2(C)C(=O)O)c(C)c1. The molecule has 1 heterocycles. The molecule has 0 bridgehead atoms. The molecule has 3 heteroatoms. The summed E-state index contributed by atoms with van der Waals surface area (Å²) in [6.45, 7) is 11.3. The molecule has 1 fully saturated rings. The van der Waals surface area contributed by atoms with Crippen LogP contribution >= 0.6 is 0 Å². The molecular weight excluding hydrogens is 262 g/mol. The van der Waals surface area contributed by atoms with Crippen LogP contribution in [-0.4, -0.2) is 28.1 Å². The van der Waals surface area contributed by atoms with Gasteiger partial charge in [-0.1, -0.05) is 17.7 Å². The van der Waals surface area contributed by atoms with Crippen LogP contribution < -0.4 is 0 Å². The van der Waals surface area contributed by atoms with Gasteiger partial charge in [-0.2, -0.15) is 0 Å². The minimum absolute atomic E-state index is 0.131. The first-order valence-corrected chi connectivity index (χ1v) is 7.85. The summed E-state index contributed by atoms with van der Waals surface area (Å²) in [7, 11) is 0. The van der Waals surface area contributed by atoms with Crippen molar-refractivity contribution in [1.82, 2.24) is 4.90 Å². The Bertz CT molecular complexity index is 529. The second-order valence-corrected chi connectivity index (χ2v) is 6.72. The van der Waals surface area contributed by atoms with Gasteiger partial charge < -0.3 is 5.11 Å². The summed E-state index contributed by atoms with van der Waals surface area (Å²) in [6.07, 6.45) is 2.81. The second kappa shape index (κ2) is 5.80. The van der Waals surface area contributed by atoms with E-state index in [1.54, 1.807) is 0 Å². The van der Waals surface area contributed by atoms with Gasteiger partial charge in [0.05, 0.1) is 0 Å². The topological polar surface area (TPSA) is 40.5 Å². The molecule has 1 saturated heterocycles. The summed E-state index contributed by atoms with van der Waals surface area (Å²) in [5.74, 6) is -0.698. The van der Waals surface area contributed by atoms with Crippen LogP contribution in [0.5, 0.6) is 0 Å². The molecule has 21 heavy (non-hydrogen) atoms. The molecule has 3 nitrogen and oxygen atoms in total. The van der Waals surface area contributed by atoms with Crippen LogP contribution in [0.15, 0.2) is 12.1 Å². The van der Waals surface area contributed by atoms with E-state index >= 15 is 0 Å². The third kappa shape index (κ3) is 2.84. The molecule has 2 unspecified atom stereocenters. The summed E-state index contributed by atoms with van der Waals surface area (Å²) < 4.78 is 0. The number of aryl methyl sites for hydroxylation is 3. The predicted molar refractivity (Wildman–Crippen MR) is 85.7 cm³/mol. The van der Waals surface area contributed by atoms with Crippen molar-refractivity contribution in [2.75, 3.05) is 6.54 Å². The smallest absolute Gasteiger partial charge is 0.323 e. The van der Waals surface area contributed by atoms with E-state index in [0.717, 1.165) is 25.8 Å². The molecule has 0 saturated carbocycles. The molecule has 1 aliphatic heterocycles. The van der Waals surface area contributed by atoms with Gasteiger partial charge in [0.25, 0.3) is 0 Å². The van der Waals surface area contributed by atoms with Crippen LogP contribution in [0.4, 0.5) is 0 Å².